The van der Waals surface area contributed by atoms with E-state index in [0.717, 1.165) is 42.9 Å². The van der Waals surface area contributed by atoms with Gasteiger partial charge in [-0.05, 0) is 17.7 Å². The molecule has 6 heteroatoms. The van der Waals surface area contributed by atoms with Crippen LogP contribution in [0, 0.1) is 0 Å². The molecule has 2 aromatic carbocycles. The number of hydrogen-bond donors (Lipinski definition) is 4. The second-order valence-corrected chi connectivity index (χ2v) is 6.96. The second kappa shape index (κ2) is 6.98. The summed E-state index contributed by atoms with van der Waals surface area (Å²) >= 11 is 1.67. The van der Waals surface area contributed by atoms with Gasteiger partial charge in [-0.2, -0.15) is 0 Å². The first-order valence-electron chi connectivity index (χ1n) is 8.21. The Hall–Kier alpha value is -2.44. The standard InChI is InChI=1S/C18H19N5S/c1-2-6-14(7-3-1)10-11-23-12-19-17(20-13-23)22-18-21-15-8-4-5-9-16(15)24-18/h1-9H,10-13H2,(H2,19,20,21,22)/p+2. The number of hydrogen-bond acceptors (Lipinski definition) is 4. The van der Waals surface area contributed by atoms with Gasteiger partial charge in [-0.15, -0.1) is 0 Å². The van der Waals surface area contributed by atoms with Gasteiger partial charge in [0.1, 0.15) is 0 Å². The minimum Gasteiger partial charge on any atom is -0.276 e. The molecule has 1 atom stereocenters. The van der Waals surface area contributed by atoms with Crippen molar-refractivity contribution < 1.29 is 9.89 Å². The number of guanidine groups is 1. The van der Waals surface area contributed by atoms with Gasteiger partial charge in [-0.25, -0.2) is 20.6 Å². The van der Waals surface area contributed by atoms with Gasteiger partial charge in [0, 0.05) is 6.42 Å². The van der Waals surface area contributed by atoms with E-state index in [1.807, 2.05) is 18.2 Å². The van der Waals surface area contributed by atoms with E-state index >= 15 is 0 Å². The molecule has 0 fully saturated rings. The molecule has 1 aromatic heterocycles. The van der Waals surface area contributed by atoms with E-state index < -0.39 is 0 Å². The molecule has 1 aliphatic heterocycles. The minimum absolute atomic E-state index is 0.910. The van der Waals surface area contributed by atoms with E-state index in [-0.39, 0.29) is 0 Å². The molecule has 4 rings (SSSR count). The van der Waals surface area contributed by atoms with Gasteiger partial charge in [-0.1, -0.05) is 53.8 Å². The number of aromatic nitrogens is 1. The van der Waals surface area contributed by atoms with Crippen molar-refractivity contribution in [3.8, 4) is 0 Å². The molecule has 0 saturated carbocycles. The largest absolute Gasteiger partial charge is 0.359 e. The number of para-hydroxylation sites is 1. The van der Waals surface area contributed by atoms with E-state index in [9.17, 15) is 0 Å². The van der Waals surface area contributed by atoms with Gasteiger partial charge in [0.15, 0.2) is 13.3 Å². The molecule has 1 aliphatic rings. The average molecular weight is 339 g/mol. The lowest BCUT2D eigenvalue weighted by Gasteiger charge is -2.20. The lowest BCUT2D eigenvalue weighted by molar-refractivity contribution is -0.980. The number of rotatable bonds is 4. The third kappa shape index (κ3) is 3.55. The lowest BCUT2D eigenvalue weighted by Crippen LogP contribution is -3.24. The van der Waals surface area contributed by atoms with Crippen LogP contribution in [0.2, 0.25) is 0 Å². The predicted molar refractivity (Wildman–Crippen MR) is 98.1 cm³/mol. The summed E-state index contributed by atoms with van der Waals surface area (Å²) in [6, 6.07) is 18.9. The van der Waals surface area contributed by atoms with Crippen LogP contribution in [0.4, 0.5) is 5.13 Å². The van der Waals surface area contributed by atoms with E-state index in [0.29, 0.717) is 0 Å². The molecular weight excluding hydrogens is 318 g/mol. The van der Waals surface area contributed by atoms with E-state index in [2.05, 4.69) is 57.0 Å². The summed E-state index contributed by atoms with van der Waals surface area (Å²) in [6.07, 6.45) is 1.10. The summed E-state index contributed by atoms with van der Waals surface area (Å²) in [5.41, 5.74) is 2.43. The molecular formula is C18H21N5S+2. The Morgan fingerprint density at radius 3 is 2.75 bits per heavy atom. The SMILES string of the molecule is c1ccc(CC[NH+]2CNC(Nc3nc4ccccc4s3)=[NH+]C2)cc1. The van der Waals surface area contributed by atoms with Gasteiger partial charge in [0.05, 0.1) is 16.8 Å². The number of quaternary nitrogens is 1. The van der Waals surface area contributed by atoms with Crippen LogP contribution in [-0.2, 0) is 6.42 Å². The van der Waals surface area contributed by atoms with Crippen LogP contribution in [0.5, 0.6) is 0 Å². The molecule has 0 aliphatic carbocycles. The number of fused-ring (bicyclic) bond motifs is 1. The van der Waals surface area contributed by atoms with Crippen molar-refractivity contribution in [2.45, 2.75) is 6.42 Å². The summed E-state index contributed by atoms with van der Waals surface area (Å²) in [6.45, 7) is 2.93. The van der Waals surface area contributed by atoms with Gasteiger partial charge in [0.25, 0.3) is 5.13 Å². The summed E-state index contributed by atoms with van der Waals surface area (Å²) in [5.74, 6) is 0.942. The first kappa shape index (κ1) is 15.1. The maximum absolute atomic E-state index is 4.60. The number of nitrogens with zero attached hydrogens (tertiary/aromatic N) is 1. The maximum Gasteiger partial charge on any atom is 0.359 e. The zero-order valence-electron chi connectivity index (χ0n) is 13.4. The Morgan fingerprint density at radius 2 is 1.96 bits per heavy atom. The number of benzene rings is 2. The van der Waals surface area contributed by atoms with E-state index in [1.165, 1.54) is 15.2 Å². The van der Waals surface area contributed by atoms with Crippen LogP contribution in [0.25, 0.3) is 10.2 Å². The van der Waals surface area contributed by atoms with Crippen molar-refractivity contribution in [3.63, 3.8) is 0 Å². The first-order valence-corrected chi connectivity index (χ1v) is 9.03. The summed E-state index contributed by atoms with van der Waals surface area (Å²) in [4.78, 5) is 9.52. The monoisotopic (exact) mass is 339 g/mol. The Balaban J connectivity index is 1.33. The van der Waals surface area contributed by atoms with Crippen LogP contribution in [0.15, 0.2) is 54.6 Å². The molecule has 5 nitrogen and oxygen atoms in total. The minimum atomic E-state index is 0.910. The molecule has 0 bridgehead atoms. The predicted octanol–water partition coefficient (Wildman–Crippen LogP) is -0.209. The molecule has 0 amide bonds. The van der Waals surface area contributed by atoms with Crippen LogP contribution in [-0.4, -0.2) is 30.8 Å². The van der Waals surface area contributed by atoms with Crippen molar-refractivity contribution in [1.82, 2.24) is 10.3 Å². The fraction of sp³-hybridized carbons (Fsp3) is 0.222. The third-order valence-electron chi connectivity index (χ3n) is 4.17. The van der Waals surface area contributed by atoms with Gasteiger partial charge >= 0.3 is 5.96 Å². The molecule has 3 aromatic rings. The molecule has 0 saturated heterocycles. The maximum atomic E-state index is 4.60. The molecule has 0 radical (unpaired) electrons. The molecule has 2 heterocycles. The number of nitrogens with one attached hydrogen (secondary N) is 4. The topological polar surface area (TPSA) is 55.4 Å². The Kier molecular flexibility index (Phi) is 4.40. The molecule has 24 heavy (non-hydrogen) atoms. The average Bonchev–Trinajstić information content (AvgIpc) is 3.04. The van der Waals surface area contributed by atoms with Crippen LogP contribution in [0.3, 0.4) is 0 Å². The lowest BCUT2D eigenvalue weighted by atomic mass is 10.1. The Bertz CT molecular complexity index is 810. The first-order chi connectivity index (χ1) is 11.9. The zero-order chi connectivity index (χ0) is 16.2. The van der Waals surface area contributed by atoms with Crippen LogP contribution < -0.4 is 20.5 Å². The molecule has 122 valence electrons. The van der Waals surface area contributed by atoms with Gasteiger partial charge < -0.3 is 0 Å². The van der Waals surface area contributed by atoms with Crippen molar-refractivity contribution >= 4 is 32.6 Å². The summed E-state index contributed by atoms with van der Waals surface area (Å²) in [5, 5.41) is 7.69. The van der Waals surface area contributed by atoms with Crippen LogP contribution >= 0.6 is 11.3 Å². The highest BCUT2D eigenvalue weighted by atomic mass is 32.1. The number of thiazole rings is 1. The Morgan fingerprint density at radius 1 is 1.12 bits per heavy atom. The normalized spacial score (nSPS) is 17.3. The van der Waals surface area contributed by atoms with Gasteiger partial charge in [-0.3, -0.25) is 4.90 Å². The van der Waals surface area contributed by atoms with Crippen molar-refractivity contribution in [2.24, 2.45) is 0 Å². The third-order valence-corrected chi connectivity index (χ3v) is 5.12. The van der Waals surface area contributed by atoms with E-state index in [1.54, 1.807) is 11.3 Å². The van der Waals surface area contributed by atoms with Gasteiger partial charge in [0.2, 0.25) is 0 Å². The zero-order valence-corrected chi connectivity index (χ0v) is 14.2. The van der Waals surface area contributed by atoms with Crippen LogP contribution in [0.1, 0.15) is 5.56 Å². The van der Waals surface area contributed by atoms with Crippen molar-refractivity contribution in [3.05, 3.63) is 60.2 Å². The Labute approximate surface area is 145 Å². The summed E-state index contributed by atoms with van der Waals surface area (Å²) < 4.78 is 1.20. The smallest absolute Gasteiger partial charge is 0.276 e. The second-order valence-electron chi connectivity index (χ2n) is 5.93. The number of anilines is 1. The highest BCUT2D eigenvalue weighted by Crippen LogP contribution is 2.24. The molecule has 4 N–H and O–H groups in total. The summed E-state index contributed by atoms with van der Waals surface area (Å²) in [7, 11) is 0. The molecule has 1 unspecified atom stereocenters. The van der Waals surface area contributed by atoms with E-state index in [4.69, 9.17) is 0 Å². The highest BCUT2D eigenvalue weighted by Gasteiger charge is 2.20. The van der Waals surface area contributed by atoms with Crippen molar-refractivity contribution in [2.75, 3.05) is 25.2 Å². The fourth-order valence-electron chi connectivity index (χ4n) is 2.82. The van der Waals surface area contributed by atoms with Crippen molar-refractivity contribution in [1.29, 1.82) is 0 Å². The highest BCUT2D eigenvalue weighted by molar-refractivity contribution is 7.22. The molecule has 0 spiro atoms. The fourth-order valence-corrected chi connectivity index (χ4v) is 3.69. The quantitative estimate of drug-likeness (QED) is 0.532.